The molecule has 1 saturated carbocycles. The lowest BCUT2D eigenvalue weighted by molar-refractivity contribution is -0.304. The summed E-state index contributed by atoms with van der Waals surface area (Å²) < 4.78 is 23.6. The summed E-state index contributed by atoms with van der Waals surface area (Å²) in [6.07, 6.45) is -8.69. The number of carbonyl (C=O) groups is 2. The molecule has 2 heterocycles. The average Bonchev–Trinajstić information content (AvgIpc) is 2.97. The summed E-state index contributed by atoms with van der Waals surface area (Å²) in [6.45, 7) is 0.984. The lowest BCUT2D eigenvalue weighted by Crippen LogP contribution is -2.69. The van der Waals surface area contributed by atoms with Crippen molar-refractivity contribution in [3.05, 3.63) is 11.8 Å². The molecule has 0 radical (unpaired) electrons. The van der Waals surface area contributed by atoms with Crippen molar-refractivity contribution in [1.82, 2.24) is 16.0 Å². The molecule has 2 amide bonds. The van der Waals surface area contributed by atoms with Crippen molar-refractivity contribution < 1.29 is 54.1 Å². The van der Waals surface area contributed by atoms with Crippen LogP contribution < -0.4 is 38.9 Å². The van der Waals surface area contributed by atoms with Crippen LogP contribution in [0.15, 0.2) is 11.8 Å². The molecule has 13 atom stereocenters. The molecule has 44 heavy (non-hydrogen) atoms. The fourth-order valence-corrected chi connectivity index (χ4v) is 5.49. The number of aliphatic hydroxyl groups excluding tert-OH is 4. The Kier molecular flexibility index (Phi) is 13.2. The smallest absolute Gasteiger partial charge is 0.250 e. The first-order valence-electron chi connectivity index (χ1n) is 14.6. The quantitative estimate of drug-likeness (QED) is 0.0895. The van der Waals surface area contributed by atoms with Crippen molar-refractivity contribution in [3.63, 3.8) is 0 Å². The van der Waals surface area contributed by atoms with Gasteiger partial charge in [-0.1, -0.05) is 0 Å². The Bertz CT molecular complexity index is 992. The van der Waals surface area contributed by atoms with Crippen LogP contribution in [0.5, 0.6) is 0 Å². The van der Waals surface area contributed by atoms with Gasteiger partial charge in [-0.3, -0.25) is 9.59 Å². The lowest BCUT2D eigenvalue weighted by atomic mass is 9.83. The highest BCUT2D eigenvalue weighted by Crippen LogP contribution is 2.32. The number of likely N-dealkylation sites (N-methyl/N-ethyl adjacent to an activating group) is 1. The molecule has 3 aliphatic rings. The second kappa shape index (κ2) is 16.0. The molecule has 0 aromatic rings. The van der Waals surface area contributed by atoms with Crippen LogP contribution in [0.1, 0.15) is 26.2 Å². The minimum Gasteiger partial charge on any atom is -0.466 e. The summed E-state index contributed by atoms with van der Waals surface area (Å²) in [4.78, 5) is 24.6. The number of nitrogens with one attached hydrogen (secondary N) is 3. The van der Waals surface area contributed by atoms with Gasteiger partial charge in [0.05, 0.1) is 31.3 Å². The summed E-state index contributed by atoms with van der Waals surface area (Å²) >= 11 is 0. The number of nitrogens with two attached hydrogens (primary N) is 4. The van der Waals surface area contributed by atoms with Gasteiger partial charge in [0.2, 0.25) is 12.2 Å². The zero-order valence-electron chi connectivity index (χ0n) is 25.0. The normalized spacial score (nSPS) is 39.0. The fourth-order valence-electron chi connectivity index (χ4n) is 5.49. The molecule has 1 unspecified atom stereocenters. The van der Waals surface area contributed by atoms with Crippen LogP contribution in [0.4, 0.5) is 0 Å². The first-order valence-corrected chi connectivity index (χ1v) is 14.6. The Morgan fingerprint density at radius 1 is 1.07 bits per heavy atom. The summed E-state index contributed by atoms with van der Waals surface area (Å²) in [5.74, 6) is -1.15. The second-order valence-electron chi connectivity index (χ2n) is 11.6. The minimum atomic E-state index is -1.54. The lowest BCUT2D eigenvalue weighted by Gasteiger charge is -2.48. The zero-order valence-corrected chi connectivity index (χ0v) is 25.0. The summed E-state index contributed by atoms with van der Waals surface area (Å²) in [5, 5.41) is 60.8. The Balaban J connectivity index is 1.77. The third kappa shape index (κ3) is 8.81. The van der Waals surface area contributed by atoms with E-state index in [4.69, 9.17) is 41.9 Å². The van der Waals surface area contributed by atoms with Gasteiger partial charge in [0.15, 0.2) is 6.29 Å². The molecule has 2 aliphatic heterocycles. The third-order valence-corrected chi connectivity index (χ3v) is 8.01. The first kappa shape index (κ1) is 36.4. The van der Waals surface area contributed by atoms with Crippen LogP contribution in [-0.4, -0.2) is 150 Å². The molecule has 2 fully saturated rings. The molecule has 0 spiro atoms. The number of rotatable bonds is 13. The maximum absolute atomic E-state index is 12.7. The fraction of sp³-hybridized carbons (Fsp3) is 0.846. The predicted octanol–water partition coefficient (Wildman–Crippen LogP) is -6.51. The van der Waals surface area contributed by atoms with Gasteiger partial charge in [-0.25, -0.2) is 0 Å². The van der Waals surface area contributed by atoms with E-state index in [0.29, 0.717) is 12.2 Å². The van der Waals surface area contributed by atoms with E-state index in [1.165, 1.54) is 6.92 Å². The summed E-state index contributed by atoms with van der Waals surface area (Å²) in [5.41, 5.74) is 22.0. The highest BCUT2D eigenvalue weighted by molar-refractivity contribution is 5.81. The monoisotopic (exact) mass is 635 g/mol. The van der Waals surface area contributed by atoms with Crippen molar-refractivity contribution in [2.45, 2.75) is 105 Å². The standard InChI is InChI=1S/C26H49N7O11/c1-26(40)10-41-25(18(37)21(26)31-2)44-20-14(33-23(39)15(34)5-6-27)7-13(30)19(17(20)36)43-24-12(29)4-3-11(42-24)9-32-22(38)16(35)8-28/h3,12-21,24-25,31,34-37,40H,4-10,27-30H2,1-2H3,(H,32,38)(H,33,39)/t12-,13+,14-,15+,16?,17+,18-,19-,20+,21-,24-,25-,26+/m1/s1. The Hall–Kier alpha value is -2.04. The Morgan fingerprint density at radius 2 is 1.75 bits per heavy atom. The molecule has 3 rings (SSSR count). The van der Waals surface area contributed by atoms with E-state index >= 15 is 0 Å². The number of carbonyl (C=O) groups excluding carboxylic acids is 2. The molecular formula is C26H49N7O11. The predicted molar refractivity (Wildman–Crippen MR) is 153 cm³/mol. The van der Waals surface area contributed by atoms with Crippen molar-refractivity contribution in [2.24, 2.45) is 22.9 Å². The van der Waals surface area contributed by atoms with E-state index in [1.54, 1.807) is 13.1 Å². The van der Waals surface area contributed by atoms with E-state index in [9.17, 15) is 35.1 Å². The maximum Gasteiger partial charge on any atom is 0.250 e. The summed E-state index contributed by atoms with van der Waals surface area (Å²) in [6, 6.07) is -3.41. The SMILES string of the molecule is CN[C@@H]1[C@@H](O)[C@@H](O[C@@H]2[C@@H](O)[C@H](O[C@H]3OC(CNC(=O)C(O)CN)=CC[C@H]3N)[C@@H](N)C[C@H]2NC(=O)[C@@H](O)CCN)OC[C@]1(C)O. The molecule has 16 N–H and O–H groups in total. The summed E-state index contributed by atoms with van der Waals surface area (Å²) in [7, 11) is 1.55. The van der Waals surface area contributed by atoms with Gasteiger partial charge in [0.1, 0.15) is 48.0 Å². The van der Waals surface area contributed by atoms with Crippen molar-refractivity contribution >= 4 is 11.8 Å². The van der Waals surface area contributed by atoms with Gasteiger partial charge in [-0.15, -0.1) is 0 Å². The average molecular weight is 636 g/mol. The maximum atomic E-state index is 12.7. The van der Waals surface area contributed by atoms with Crippen LogP contribution in [0, 0.1) is 0 Å². The van der Waals surface area contributed by atoms with Crippen molar-refractivity contribution in [3.8, 4) is 0 Å². The van der Waals surface area contributed by atoms with Gasteiger partial charge < -0.3 is 83.4 Å². The van der Waals surface area contributed by atoms with Gasteiger partial charge in [-0.05, 0) is 45.9 Å². The van der Waals surface area contributed by atoms with Gasteiger partial charge in [0, 0.05) is 12.6 Å². The number of hydrogen-bond acceptors (Lipinski definition) is 16. The molecule has 18 nitrogen and oxygen atoms in total. The number of hydrogen-bond donors (Lipinski definition) is 12. The highest BCUT2D eigenvalue weighted by atomic mass is 16.7. The number of amides is 2. The van der Waals surface area contributed by atoms with Gasteiger partial charge in [0.25, 0.3) is 5.91 Å². The molecule has 0 aromatic carbocycles. The van der Waals surface area contributed by atoms with E-state index in [1.807, 2.05) is 0 Å². The molecule has 18 heteroatoms. The van der Waals surface area contributed by atoms with E-state index in [2.05, 4.69) is 16.0 Å². The Morgan fingerprint density at radius 3 is 2.39 bits per heavy atom. The van der Waals surface area contributed by atoms with Crippen LogP contribution in [0.25, 0.3) is 0 Å². The largest absolute Gasteiger partial charge is 0.466 e. The molecule has 0 aromatic heterocycles. The van der Waals surface area contributed by atoms with E-state index < -0.39 is 90.8 Å². The molecule has 1 saturated heterocycles. The van der Waals surface area contributed by atoms with Crippen molar-refractivity contribution in [1.29, 1.82) is 0 Å². The van der Waals surface area contributed by atoms with Crippen LogP contribution in [0.2, 0.25) is 0 Å². The first-order chi connectivity index (χ1) is 20.7. The molecule has 1 aliphatic carbocycles. The second-order valence-corrected chi connectivity index (χ2v) is 11.6. The highest BCUT2D eigenvalue weighted by Gasteiger charge is 2.52. The van der Waals surface area contributed by atoms with Crippen LogP contribution in [0.3, 0.4) is 0 Å². The topological polar surface area (TPSA) is 312 Å². The number of ether oxygens (including phenoxy) is 4. The van der Waals surface area contributed by atoms with Crippen LogP contribution in [-0.2, 0) is 28.5 Å². The third-order valence-electron chi connectivity index (χ3n) is 8.01. The van der Waals surface area contributed by atoms with E-state index in [-0.39, 0.29) is 39.1 Å². The van der Waals surface area contributed by atoms with Gasteiger partial charge >= 0.3 is 0 Å². The number of aliphatic hydroxyl groups is 5. The molecular weight excluding hydrogens is 586 g/mol. The van der Waals surface area contributed by atoms with E-state index in [0.717, 1.165) is 0 Å². The minimum absolute atomic E-state index is 0.00115. The van der Waals surface area contributed by atoms with Crippen molar-refractivity contribution in [2.75, 3.05) is 33.3 Å². The van der Waals surface area contributed by atoms with Gasteiger partial charge in [-0.2, -0.15) is 0 Å². The van der Waals surface area contributed by atoms with Crippen LogP contribution >= 0.6 is 0 Å². The Labute approximate surface area is 255 Å². The molecule has 0 bridgehead atoms. The zero-order chi connectivity index (χ0) is 32.8. The molecule has 254 valence electrons.